The number of aliphatic hydroxyl groups is 1. The normalized spacial score (nSPS) is 17.6. The molecule has 1 N–H and O–H groups in total. The van der Waals surface area contributed by atoms with Gasteiger partial charge in [-0.05, 0) is 0 Å². The van der Waals surface area contributed by atoms with Crippen molar-refractivity contribution in [1.29, 1.82) is 0 Å². The Morgan fingerprint density at radius 3 is 2.61 bits per heavy atom. The summed E-state index contributed by atoms with van der Waals surface area (Å²) >= 11 is 0. The molecule has 0 atom stereocenters. The zero-order valence-corrected chi connectivity index (χ0v) is 10.7. The van der Waals surface area contributed by atoms with Gasteiger partial charge in [0.05, 0.1) is 18.9 Å². The molecule has 1 aromatic heterocycles. The molecule has 98 valence electrons. The molecule has 0 fully saturated rings. The van der Waals surface area contributed by atoms with Gasteiger partial charge in [-0.3, -0.25) is 8.99 Å². The van der Waals surface area contributed by atoms with Gasteiger partial charge in [0.25, 0.3) is 10.0 Å². The highest BCUT2D eigenvalue weighted by molar-refractivity contribution is 7.89. The summed E-state index contributed by atoms with van der Waals surface area (Å²) in [5.74, 6) is -1.41. The van der Waals surface area contributed by atoms with E-state index in [1.807, 2.05) is 0 Å². The van der Waals surface area contributed by atoms with Gasteiger partial charge in [0.1, 0.15) is 0 Å². The predicted octanol–water partition coefficient (Wildman–Crippen LogP) is -0.546. The molecule has 2 heterocycles. The van der Waals surface area contributed by atoms with Crippen molar-refractivity contribution < 1.29 is 23.1 Å². The smallest absolute Gasteiger partial charge is 0.359 e. The monoisotopic (exact) mass is 273 g/mol. The number of carbonyl (C=O) groups excluding carboxylic acids is 1. The number of aromatic nitrogens is 2. The van der Waals surface area contributed by atoms with E-state index in [0.717, 1.165) is 18.8 Å². The number of esters is 1. The van der Waals surface area contributed by atoms with Crippen LogP contribution in [0.2, 0.25) is 0 Å². The van der Waals surface area contributed by atoms with Crippen molar-refractivity contribution in [3.63, 3.8) is 0 Å². The molecule has 2 rings (SSSR count). The van der Waals surface area contributed by atoms with Crippen LogP contribution in [0.25, 0.3) is 5.76 Å². The second kappa shape index (κ2) is 3.73. The number of hydrogen-bond donors (Lipinski definition) is 1. The lowest BCUT2D eigenvalue weighted by Crippen LogP contribution is -2.36. The molecule has 0 aliphatic carbocycles. The molecule has 1 aliphatic heterocycles. The van der Waals surface area contributed by atoms with Crippen LogP contribution in [0.15, 0.2) is 16.9 Å². The standard InChI is InChI=1S/C9H11N3O5S/c1-11-8-5(4-10-11)7(13)6(9(14)17-3)12(2)18(8,15)16/h4,13H,1-3H3. The maximum atomic E-state index is 12.2. The van der Waals surface area contributed by atoms with Crippen LogP contribution in [0, 0.1) is 0 Å². The second-order valence-corrected chi connectivity index (χ2v) is 5.53. The molecule has 0 spiro atoms. The van der Waals surface area contributed by atoms with Gasteiger partial charge < -0.3 is 9.84 Å². The molecule has 9 heteroatoms. The van der Waals surface area contributed by atoms with Gasteiger partial charge >= 0.3 is 5.97 Å². The first kappa shape index (κ1) is 12.4. The number of aryl methyl sites for hydroxylation is 1. The molecule has 0 bridgehead atoms. The van der Waals surface area contributed by atoms with Gasteiger partial charge in [0.15, 0.2) is 16.5 Å². The van der Waals surface area contributed by atoms with Crippen LogP contribution in [0.1, 0.15) is 5.56 Å². The summed E-state index contributed by atoms with van der Waals surface area (Å²) in [7, 11) is -0.240. The van der Waals surface area contributed by atoms with Crippen LogP contribution >= 0.6 is 0 Å². The summed E-state index contributed by atoms with van der Waals surface area (Å²) in [6, 6.07) is 0. The number of likely N-dealkylation sites (N-methyl/N-ethyl adjacent to an activating group) is 1. The molecular weight excluding hydrogens is 262 g/mol. The van der Waals surface area contributed by atoms with E-state index < -0.39 is 27.4 Å². The van der Waals surface area contributed by atoms with Crippen LogP contribution in [0.4, 0.5) is 0 Å². The summed E-state index contributed by atoms with van der Waals surface area (Å²) in [5.41, 5.74) is -0.450. The Hall–Kier alpha value is -2.03. The van der Waals surface area contributed by atoms with E-state index in [4.69, 9.17) is 0 Å². The van der Waals surface area contributed by atoms with Crippen molar-refractivity contribution >= 4 is 21.8 Å². The number of sulfonamides is 1. The first-order valence-corrected chi connectivity index (χ1v) is 6.29. The van der Waals surface area contributed by atoms with E-state index in [9.17, 15) is 18.3 Å². The molecule has 8 nitrogen and oxygen atoms in total. The maximum Gasteiger partial charge on any atom is 0.359 e. The van der Waals surface area contributed by atoms with Gasteiger partial charge in [-0.15, -0.1) is 0 Å². The van der Waals surface area contributed by atoms with E-state index in [-0.39, 0.29) is 10.6 Å². The summed E-state index contributed by atoms with van der Waals surface area (Å²) < 4.78 is 30.6. The first-order valence-electron chi connectivity index (χ1n) is 4.85. The van der Waals surface area contributed by atoms with Crippen molar-refractivity contribution in [2.45, 2.75) is 5.03 Å². The molecule has 1 aliphatic rings. The molecule has 0 saturated carbocycles. The summed E-state index contributed by atoms with van der Waals surface area (Å²) in [6.45, 7) is 0. The summed E-state index contributed by atoms with van der Waals surface area (Å²) in [6.07, 6.45) is 1.18. The zero-order chi connectivity index (χ0) is 13.7. The number of rotatable bonds is 1. The predicted molar refractivity (Wildman–Crippen MR) is 59.7 cm³/mol. The van der Waals surface area contributed by atoms with Crippen molar-refractivity contribution in [2.75, 3.05) is 14.2 Å². The average molecular weight is 273 g/mol. The van der Waals surface area contributed by atoms with Gasteiger partial charge in [-0.25, -0.2) is 4.79 Å². The minimum absolute atomic E-state index is 0.0176. The Labute approximate surface area is 103 Å². The third-order valence-electron chi connectivity index (χ3n) is 2.66. The molecule has 0 aromatic carbocycles. The molecule has 18 heavy (non-hydrogen) atoms. The Bertz CT molecular complexity index is 658. The van der Waals surface area contributed by atoms with Crippen LogP contribution in [-0.2, 0) is 26.6 Å². The molecule has 0 saturated heterocycles. The topological polar surface area (TPSA) is 102 Å². The van der Waals surface area contributed by atoms with E-state index >= 15 is 0 Å². The molecular formula is C9H11N3O5S. The van der Waals surface area contributed by atoms with Gasteiger partial charge in [0, 0.05) is 14.1 Å². The number of methoxy groups -OCH3 is 1. The lowest BCUT2D eigenvalue weighted by molar-refractivity contribution is -0.137. The number of carbonyl (C=O) groups is 1. The highest BCUT2D eigenvalue weighted by Gasteiger charge is 2.41. The van der Waals surface area contributed by atoms with Crippen molar-refractivity contribution in [3.05, 3.63) is 17.5 Å². The molecule has 0 amide bonds. The SMILES string of the molecule is COC(=O)C1=C(O)c2cnn(C)c2S(=O)(=O)N1C. The van der Waals surface area contributed by atoms with Gasteiger partial charge in [0.2, 0.25) is 0 Å². The van der Waals surface area contributed by atoms with Crippen LogP contribution in [0.3, 0.4) is 0 Å². The van der Waals surface area contributed by atoms with Gasteiger partial charge in [-0.1, -0.05) is 0 Å². The highest BCUT2D eigenvalue weighted by atomic mass is 32.2. The van der Waals surface area contributed by atoms with E-state index in [1.165, 1.54) is 13.2 Å². The average Bonchev–Trinajstić information content (AvgIpc) is 2.70. The first-order chi connectivity index (χ1) is 8.32. The van der Waals surface area contributed by atoms with E-state index in [2.05, 4.69) is 9.84 Å². The van der Waals surface area contributed by atoms with Gasteiger partial charge in [-0.2, -0.15) is 13.5 Å². The van der Waals surface area contributed by atoms with Crippen molar-refractivity contribution in [1.82, 2.24) is 14.1 Å². The zero-order valence-electron chi connectivity index (χ0n) is 9.91. The maximum absolute atomic E-state index is 12.2. The quantitative estimate of drug-likeness (QED) is 0.689. The number of aliphatic hydroxyl groups excluding tert-OH is 1. The summed E-state index contributed by atoms with van der Waals surface area (Å²) in [4.78, 5) is 11.5. The highest BCUT2D eigenvalue weighted by Crippen LogP contribution is 2.34. The Kier molecular flexibility index (Phi) is 2.58. The number of hydrogen-bond acceptors (Lipinski definition) is 6. The van der Waals surface area contributed by atoms with Crippen LogP contribution in [-0.4, -0.2) is 47.7 Å². The molecule has 0 unspecified atom stereocenters. The molecule has 1 aromatic rings. The number of ether oxygens (including phenoxy) is 1. The van der Waals surface area contributed by atoms with Crippen molar-refractivity contribution in [2.24, 2.45) is 7.05 Å². The molecule has 0 radical (unpaired) electrons. The lowest BCUT2D eigenvalue weighted by Gasteiger charge is -2.25. The third kappa shape index (κ3) is 1.40. The van der Waals surface area contributed by atoms with Crippen LogP contribution < -0.4 is 0 Å². The number of fused-ring (bicyclic) bond motifs is 1. The van der Waals surface area contributed by atoms with E-state index in [0.29, 0.717) is 4.31 Å². The Morgan fingerprint density at radius 2 is 2.06 bits per heavy atom. The van der Waals surface area contributed by atoms with Crippen molar-refractivity contribution in [3.8, 4) is 0 Å². The minimum Gasteiger partial charge on any atom is -0.505 e. The number of nitrogens with zero attached hydrogens (tertiary/aromatic N) is 3. The van der Waals surface area contributed by atoms with Crippen LogP contribution in [0.5, 0.6) is 0 Å². The van der Waals surface area contributed by atoms with E-state index in [1.54, 1.807) is 0 Å². The third-order valence-corrected chi connectivity index (χ3v) is 4.54. The second-order valence-electron chi connectivity index (χ2n) is 3.65. The lowest BCUT2D eigenvalue weighted by atomic mass is 10.2. The fourth-order valence-electron chi connectivity index (χ4n) is 1.74. The Balaban J connectivity index is 2.82. The summed E-state index contributed by atoms with van der Waals surface area (Å²) in [5, 5.41) is 13.5. The largest absolute Gasteiger partial charge is 0.505 e. The minimum atomic E-state index is -3.93. The fraction of sp³-hybridized carbons (Fsp3) is 0.333. The fourth-order valence-corrected chi connectivity index (χ4v) is 3.21. The Morgan fingerprint density at radius 1 is 1.44 bits per heavy atom.